The maximum absolute atomic E-state index is 11.8. The van der Waals surface area contributed by atoms with Crippen molar-refractivity contribution in [1.29, 1.82) is 0 Å². The molecular weight excluding hydrogens is 493 g/mol. The first-order valence-corrected chi connectivity index (χ1v) is 9.08. The summed E-state index contributed by atoms with van der Waals surface area (Å²) in [6.07, 6.45) is 1.28. The molecule has 0 aliphatic rings. The van der Waals surface area contributed by atoms with Gasteiger partial charge in [0.2, 0.25) is 0 Å². The van der Waals surface area contributed by atoms with Crippen LogP contribution in [0.4, 0.5) is 5.69 Å². The van der Waals surface area contributed by atoms with Crippen molar-refractivity contribution in [2.45, 2.75) is 6.92 Å². The summed E-state index contributed by atoms with van der Waals surface area (Å²) in [4.78, 5) is 22.1. The highest BCUT2D eigenvalue weighted by molar-refractivity contribution is 9.11. The minimum Gasteiger partial charge on any atom is -0.482 e. The van der Waals surface area contributed by atoms with Crippen LogP contribution in [-0.4, -0.2) is 23.7 Å². The number of amides is 1. The van der Waals surface area contributed by atoms with Crippen LogP contribution >= 0.6 is 43.5 Å². The SMILES string of the molecule is Cc1cc(Br)cc(Br)c1OCC(=O)N/N=C/c1ccc(Cl)c([N+](=O)[O-])c1. The summed E-state index contributed by atoms with van der Waals surface area (Å²) >= 11 is 12.5. The molecule has 0 bridgehead atoms. The Morgan fingerprint density at radius 1 is 1.38 bits per heavy atom. The van der Waals surface area contributed by atoms with Crippen LogP contribution in [0.1, 0.15) is 11.1 Å². The van der Waals surface area contributed by atoms with Gasteiger partial charge in [-0.1, -0.05) is 33.6 Å². The van der Waals surface area contributed by atoms with Crippen LogP contribution < -0.4 is 10.2 Å². The molecule has 0 unspecified atom stereocenters. The van der Waals surface area contributed by atoms with E-state index in [0.717, 1.165) is 10.0 Å². The summed E-state index contributed by atoms with van der Waals surface area (Å²) in [6, 6.07) is 7.87. The van der Waals surface area contributed by atoms with Crippen molar-refractivity contribution < 1.29 is 14.5 Å². The zero-order valence-electron chi connectivity index (χ0n) is 13.3. The van der Waals surface area contributed by atoms with Gasteiger partial charge in [0, 0.05) is 16.1 Å². The number of aryl methyl sites for hydroxylation is 1. The number of nitro benzene ring substituents is 1. The van der Waals surface area contributed by atoms with E-state index >= 15 is 0 Å². The number of hydrazone groups is 1. The molecule has 0 aliphatic carbocycles. The highest BCUT2D eigenvalue weighted by Gasteiger charge is 2.12. The fourth-order valence-electron chi connectivity index (χ4n) is 1.97. The second-order valence-electron chi connectivity index (χ2n) is 5.08. The van der Waals surface area contributed by atoms with E-state index in [1.54, 1.807) is 6.07 Å². The van der Waals surface area contributed by atoms with Crippen molar-refractivity contribution in [1.82, 2.24) is 5.43 Å². The van der Waals surface area contributed by atoms with Gasteiger partial charge < -0.3 is 4.74 Å². The van der Waals surface area contributed by atoms with Crippen molar-refractivity contribution in [3.63, 3.8) is 0 Å². The van der Waals surface area contributed by atoms with E-state index in [1.165, 1.54) is 18.3 Å². The number of ether oxygens (including phenoxy) is 1. The Morgan fingerprint density at radius 2 is 2.12 bits per heavy atom. The average molecular weight is 506 g/mol. The number of rotatable bonds is 6. The Morgan fingerprint density at radius 3 is 2.77 bits per heavy atom. The number of benzene rings is 2. The van der Waals surface area contributed by atoms with Crippen molar-refractivity contribution >= 4 is 61.3 Å². The molecule has 2 aromatic rings. The van der Waals surface area contributed by atoms with E-state index in [-0.39, 0.29) is 17.3 Å². The lowest BCUT2D eigenvalue weighted by Gasteiger charge is -2.10. The van der Waals surface area contributed by atoms with Crippen molar-refractivity contribution in [2.75, 3.05) is 6.61 Å². The zero-order chi connectivity index (χ0) is 19.3. The number of halogens is 3. The van der Waals surface area contributed by atoms with E-state index in [2.05, 4.69) is 42.4 Å². The third-order valence-electron chi connectivity index (χ3n) is 3.11. The number of nitrogens with one attached hydrogen (secondary N) is 1. The molecule has 0 spiro atoms. The summed E-state index contributed by atoms with van der Waals surface area (Å²) in [6.45, 7) is 1.62. The monoisotopic (exact) mass is 503 g/mol. The Hall–Kier alpha value is -1.97. The third-order valence-corrected chi connectivity index (χ3v) is 4.48. The van der Waals surface area contributed by atoms with Gasteiger partial charge in [-0.2, -0.15) is 5.10 Å². The molecule has 136 valence electrons. The standard InChI is InChI=1S/C16H12Br2ClN3O4/c1-9-4-11(17)6-12(18)16(9)26-8-15(23)21-20-7-10-2-3-13(19)14(5-10)22(24)25/h2-7H,8H2,1H3,(H,21,23)/b20-7+. The zero-order valence-corrected chi connectivity index (χ0v) is 17.3. The second kappa shape index (κ2) is 9.11. The highest BCUT2D eigenvalue weighted by Crippen LogP contribution is 2.32. The van der Waals surface area contributed by atoms with Gasteiger partial charge in [-0.15, -0.1) is 0 Å². The number of hydrogen-bond acceptors (Lipinski definition) is 5. The molecule has 2 aromatic carbocycles. The Kier molecular flexibility index (Phi) is 7.13. The van der Waals surface area contributed by atoms with Crippen LogP contribution in [0, 0.1) is 17.0 Å². The molecule has 0 atom stereocenters. The molecule has 0 saturated heterocycles. The summed E-state index contributed by atoms with van der Waals surface area (Å²) < 4.78 is 7.10. The van der Waals surface area contributed by atoms with Crippen LogP contribution in [0.3, 0.4) is 0 Å². The summed E-state index contributed by atoms with van der Waals surface area (Å²) in [5, 5.41) is 14.6. The van der Waals surface area contributed by atoms with E-state index in [0.29, 0.717) is 15.8 Å². The minimum atomic E-state index is -0.593. The Bertz CT molecular complexity index is 867. The topological polar surface area (TPSA) is 93.8 Å². The quantitative estimate of drug-likeness (QED) is 0.352. The van der Waals surface area contributed by atoms with E-state index in [4.69, 9.17) is 16.3 Å². The van der Waals surface area contributed by atoms with Gasteiger partial charge in [-0.25, -0.2) is 5.43 Å². The lowest BCUT2D eigenvalue weighted by Crippen LogP contribution is -2.24. The van der Waals surface area contributed by atoms with Gasteiger partial charge in [-0.05, 0) is 46.6 Å². The summed E-state index contributed by atoms with van der Waals surface area (Å²) in [7, 11) is 0. The summed E-state index contributed by atoms with van der Waals surface area (Å²) in [5.41, 5.74) is 3.34. The van der Waals surface area contributed by atoms with Crippen LogP contribution in [0.2, 0.25) is 5.02 Å². The van der Waals surface area contributed by atoms with Gasteiger partial charge in [0.25, 0.3) is 11.6 Å². The molecule has 10 heteroatoms. The fourth-order valence-corrected chi connectivity index (χ4v) is 3.71. The van der Waals surface area contributed by atoms with E-state index in [9.17, 15) is 14.9 Å². The molecule has 7 nitrogen and oxygen atoms in total. The van der Waals surface area contributed by atoms with Gasteiger partial charge in [-0.3, -0.25) is 14.9 Å². The van der Waals surface area contributed by atoms with Gasteiger partial charge >= 0.3 is 0 Å². The van der Waals surface area contributed by atoms with Gasteiger partial charge in [0.1, 0.15) is 10.8 Å². The molecule has 1 N–H and O–H groups in total. The molecule has 1 amide bonds. The number of carbonyl (C=O) groups is 1. The lowest BCUT2D eigenvalue weighted by molar-refractivity contribution is -0.384. The van der Waals surface area contributed by atoms with Crippen molar-refractivity contribution in [3.8, 4) is 5.75 Å². The minimum absolute atomic E-state index is 0.0278. The molecular formula is C16H12Br2ClN3O4. The molecule has 0 fully saturated rings. The Labute approximate surface area is 170 Å². The van der Waals surface area contributed by atoms with Crippen LogP contribution in [0.15, 0.2) is 44.4 Å². The number of hydrogen-bond donors (Lipinski definition) is 1. The van der Waals surface area contributed by atoms with Crippen molar-refractivity contribution in [3.05, 3.63) is 65.5 Å². The third kappa shape index (κ3) is 5.52. The molecule has 26 heavy (non-hydrogen) atoms. The van der Waals surface area contributed by atoms with Crippen molar-refractivity contribution in [2.24, 2.45) is 5.10 Å². The van der Waals surface area contributed by atoms with E-state index in [1.807, 2.05) is 19.1 Å². The predicted molar refractivity (Wildman–Crippen MR) is 106 cm³/mol. The first kappa shape index (κ1) is 20.3. The number of carbonyl (C=O) groups excluding carboxylic acids is 1. The largest absolute Gasteiger partial charge is 0.482 e. The predicted octanol–water partition coefficient (Wildman–Crippen LogP) is 4.61. The fraction of sp³-hybridized carbons (Fsp3) is 0.125. The van der Waals surface area contributed by atoms with E-state index < -0.39 is 10.8 Å². The number of nitro groups is 1. The number of nitrogens with zero attached hydrogens (tertiary/aromatic N) is 2. The molecule has 0 saturated carbocycles. The maximum Gasteiger partial charge on any atom is 0.288 e. The smallest absolute Gasteiger partial charge is 0.288 e. The Balaban J connectivity index is 1.94. The van der Waals surface area contributed by atoms with Crippen LogP contribution in [-0.2, 0) is 4.79 Å². The highest BCUT2D eigenvalue weighted by atomic mass is 79.9. The van der Waals surface area contributed by atoms with Gasteiger partial charge in [0.15, 0.2) is 6.61 Å². The van der Waals surface area contributed by atoms with Crippen LogP contribution in [0.5, 0.6) is 5.75 Å². The van der Waals surface area contributed by atoms with Gasteiger partial charge in [0.05, 0.1) is 15.6 Å². The average Bonchev–Trinajstić information content (AvgIpc) is 2.55. The lowest BCUT2D eigenvalue weighted by atomic mass is 10.2. The molecule has 0 heterocycles. The normalized spacial score (nSPS) is 10.8. The summed E-state index contributed by atoms with van der Waals surface area (Å²) in [5.74, 6) is 0.0830. The molecule has 0 aliphatic heterocycles. The molecule has 0 radical (unpaired) electrons. The maximum atomic E-state index is 11.8. The molecule has 2 rings (SSSR count). The van der Waals surface area contributed by atoms with Crippen LogP contribution in [0.25, 0.3) is 0 Å². The second-order valence-corrected chi connectivity index (χ2v) is 7.26. The first-order chi connectivity index (χ1) is 12.3. The molecule has 0 aromatic heterocycles. The first-order valence-electron chi connectivity index (χ1n) is 7.12.